The average molecular weight is 240 g/mol. The summed E-state index contributed by atoms with van der Waals surface area (Å²) in [4.78, 5) is 11.3. The summed E-state index contributed by atoms with van der Waals surface area (Å²) in [6, 6.07) is 0. The van der Waals surface area contributed by atoms with Gasteiger partial charge < -0.3 is 4.74 Å². The number of esters is 1. The SMILES string of the molecule is CCCCCCC1(OC(C)=O)CCCC(C)C1. The number of rotatable bonds is 6. The monoisotopic (exact) mass is 240 g/mol. The summed E-state index contributed by atoms with van der Waals surface area (Å²) >= 11 is 0. The Morgan fingerprint density at radius 3 is 2.71 bits per heavy atom. The zero-order valence-electron chi connectivity index (χ0n) is 11.8. The van der Waals surface area contributed by atoms with Gasteiger partial charge in [0.25, 0.3) is 0 Å². The van der Waals surface area contributed by atoms with Crippen molar-refractivity contribution in [2.24, 2.45) is 5.92 Å². The lowest BCUT2D eigenvalue weighted by Gasteiger charge is -2.39. The van der Waals surface area contributed by atoms with E-state index in [9.17, 15) is 4.79 Å². The third-order valence-corrected chi connectivity index (χ3v) is 3.90. The quantitative estimate of drug-likeness (QED) is 0.506. The molecule has 0 spiro atoms. The van der Waals surface area contributed by atoms with Gasteiger partial charge in [-0.1, -0.05) is 39.5 Å². The Balaban J connectivity index is 2.49. The van der Waals surface area contributed by atoms with Crippen molar-refractivity contribution in [3.05, 3.63) is 0 Å². The molecule has 2 unspecified atom stereocenters. The van der Waals surface area contributed by atoms with Crippen molar-refractivity contribution in [2.45, 2.75) is 84.2 Å². The van der Waals surface area contributed by atoms with Gasteiger partial charge in [-0.25, -0.2) is 0 Å². The van der Waals surface area contributed by atoms with Gasteiger partial charge in [-0.2, -0.15) is 0 Å². The van der Waals surface area contributed by atoms with E-state index >= 15 is 0 Å². The number of hydrogen-bond acceptors (Lipinski definition) is 2. The molecule has 0 bridgehead atoms. The molecule has 0 radical (unpaired) electrons. The van der Waals surface area contributed by atoms with Crippen LogP contribution in [-0.4, -0.2) is 11.6 Å². The van der Waals surface area contributed by atoms with Crippen LogP contribution < -0.4 is 0 Å². The Bertz CT molecular complexity index is 237. The van der Waals surface area contributed by atoms with Crippen molar-refractivity contribution in [1.29, 1.82) is 0 Å². The largest absolute Gasteiger partial charge is 0.459 e. The number of ether oxygens (including phenoxy) is 1. The molecule has 0 heterocycles. The Morgan fingerprint density at radius 1 is 1.35 bits per heavy atom. The first kappa shape index (κ1) is 14.5. The van der Waals surface area contributed by atoms with E-state index in [-0.39, 0.29) is 11.6 Å². The van der Waals surface area contributed by atoms with E-state index in [1.54, 1.807) is 6.92 Å². The molecule has 0 aliphatic heterocycles. The van der Waals surface area contributed by atoms with Crippen LogP contribution in [0.25, 0.3) is 0 Å². The van der Waals surface area contributed by atoms with Crippen molar-refractivity contribution in [2.75, 3.05) is 0 Å². The lowest BCUT2D eigenvalue weighted by atomic mass is 9.76. The smallest absolute Gasteiger partial charge is 0.303 e. The van der Waals surface area contributed by atoms with E-state index < -0.39 is 0 Å². The van der Waals surface area contributed by atoms with Crippen LogP contribution in [0.4, 0.5) is 0 Å². The second kappa shape index (κ2) is 7.03. The normalized spacial score (nSPS) is 29.0. The molecule has 2 nitrogen and oxygen atoms in total. The fraction of sp³-hybridized carbons (Fsp3) is 0.933. The molecule has 0 saturated heterocycles. The fourth-order valence-electron chi connectivity index (χ4n) is 3.16. The van der Waals surface area contributed by atoms with Gasteiger partial charge in [0.2, 0.25) is 0 Å². The molecular weight excluding hydrogens is 212 g/mol. The molecule has 1 rings (SSSR count). The standard InChI is InChI=1S/C15H28O2/c1-4-5-6-7-10-15(17-14(3)16)11-8-9-13(2)12-15/h13H,4-12H2,1-3H3. The highest BCUT2D eigenvalue weighted by atomic mass is 16.6. The predicted octanol–water partition coefficient (Wildman–Crippen LogP) is 4.47. The Kier molecular flexibility index (Phi) is 6.01. The lowest BCUT2D eigenvalue weighted by molar-refractivity contribution is -0.163. The van der Waals surface area contributed by atoms with E-state index in [0.717, 1.165) is 19.3 Å². The topological polar surface area (TPSA) is 26.3 Å². The van der Waals surface area contributed by atoms with Crippen molar-refractivity contribution in [1.82, 2.24) is 0 Å². The number of carbonyl (C=O) groups excluding carboxylic acids is 1. The zero-order chi connectivity index (χ0) is 12.7. The summed E-state index contributed by atoms with van der Waals surface area (Å²) in [5, 5.41) is 0. The Hall–Kier alpha value is -0.530. The summed E-state index contributed by atoms with van der Waals surface area (Å²) in [6.07, 6.45) is 10.7. The zero-order valence-corrected chi connectivity index (χ0v) is 11.8. The Morgan fingerprint density at radius 2 is 2.12 bits per heavy atom. The van der Waals surface area contributed by atoms with E-state index in [2.05, 4.69) is 13.8 Å². The van der Waals surface area contributed by atoms with Crippen molar-refractivity contribution < 1.29 is 9.53 Å². The third kappa shape index (κ3) is 5.10. The molecule has 2 atom stereocenters. The molecule has 1 aliphatic carbocycles. The van der Waals surface area contributed by atoms with Crippen LogP contribution in [0.3, 0.4) is 0 Å². The summed E-state index contributed by atoms with van der Waals surface area (Å²) in [5.74, 6) is 0.601. The molecule has 2 heteroatoms. The molecule has 0 aromatic rings. The molecule has 0 aromatic carbocycles. The van der Waals surface area contributed by atoms with E-state index in [1.807, 2.05) is 0 Å². The minimum absolute atomic E-state index is 0.102. The van der Waals surface area contributed by atoms with E-state index in [0.29, 0.717) is 5.92 Å². The molecule has 0 amide bonds. The van der Waals surface area contributed by atoms with Crippen molar-refractivity contribution in [3.63, 3.8) is 0 Å². The van der Waals surface area contributed by atoms with Gasteiger partial charge >= 0.3 is 5.97 Å². The van der Waals surface area contributed by atoms with Gasteiger partial charge in [0.15, 0.2) is 0 Å². The van der Waals surface area contributed by atoms with Gasteiger partial charge in [0, 0.05) is 6.92 Å². The number of hydrogen-bond donors (Lipinski definition) is 0. The first-order chi connectivity index (χ1) is 8.08. The molecule has 1 aliphatic rings. The molecule has 0 N–H and O–H groups in total. The maximum absolute atomic E-state index is 11.3. The van der Waals surface area contributed by atoms with Crippen LogP contribution in [0, 0.1) is 5.92 Å². The highest BCUT2D eigenvalue weighted by Crippen LogP contribution is 2.39. The maximum atomic E-state index is 11.3. The van der Waals surface area contributed by atoms with Gasteiger partial charge in [-0.15, -0.1) is 0 Å². The minimum atomic E-state index is -0.128. The average Bonchev–Trinajstić information content (AvgIpc) is 2.23. The van der Waals surface area contributed by atoms with E-state index in [1.165, 1.54) is 38.5 Å². The van der Waals surface area contributed by atoms with Crippen molar-refractivity contribution in [3.8, 4) is 0 Å². The molecule has 1 fully saturated rings. The van der Waals surface area contributed by atoms with Crippen LogP contribution in [0.1, 0.15) is 78.6 Å². The second-order valence-electron chi connectivity index (χ2n) is 5.79. The number of unbranched alkanes of at least 4 members (excludes halogenated alkanes) is 3. The molecule has 1 saturated carbocycles. The molecule has 17 heavy (non-hydrogen) atoms. The molecular formula is C15H28O2. The third-order valence-electron chi connectivity index (χ3n) is 3.90. The van der Waals surface area contributed by atoms with Crippen LogP contribution >= 0.6 is 0 Å². The highest BCUT2D eigenvalue weighted by Gasteiger charge is 2.37. The van der Waals surface area contributed by atoms with Crippen LogP contribution in [0.5, 0.6) is 0 Å². The number of carbonyl (C=O) groups is 1. The Labute approximate surface area is 106 Å². The van der Waals surface area contributed by atoms with Gasteiger partial charge in [-0.3, -0.25) is 4.79 Å². The minimum Gasteiger partial charge on any atom is -0.459 e. The lowest BCUT2D eigenvalue weighted by Crippen LogP contribution is -2.39. The van der Waals surface area contributed by atoms with Crippen LogP contribution in [0.15, 0.2) is 0 Å². The summed E-state index contributed by atoms with van der Waals surface area (Å²) in [7, 11) is 0. The van der Waals surface area contributed by atoms with Gasteiger partial charge in [-0.05, 0) is 38.0 Å². The van der Waals surface area contributed by atoms with Crippen molar-refractivity contribution >= 4 is 5.97 Å². The highest BCUT2D eigenvalue weighted by molar-refractivity contribution is 5.66. The first-order valence-electron chi connectivity index (χ1n) is 7.27. The molecule has 100 valence electrons. The predicted molar refractivity (Wildman–Crippen MR) is 70.9 cm³/mol. The maximum Gasteiger partial charge on any atom is 0.303 e. The first-order valence-corrected chi connectivity index (χ1v) is 7.27. The summed E-state index contributed by atoms with van der Waals surface area (Å²) in [5.41, 5.74) is -0.128. The van der Waals surface area contributed by atoms with E-state index in [4.69, 9.17) is 4.74 Å². The summed E-state index contributed by atoms with van der Waals surface area (Å²) < 4.78 is 5.69. The van der Waals surface area contributed by atoms with Gasteiger partial charge in [0.1, 0.15) is 5.60 Å². The summed E-state index contributed by atoms with van der Waals surface area (Å²) in [6.45, 7) is 6.06. The van der Waals surface area contributed by atoms with Crippen LogP contribution in [-0.2, 0) is 9.53 Å². The second-order valence-corrected chi connectivity index (χ2v) is 5.79. The molecule has 0 aromatic heterocycles. The van der Waals surface area contributed by atoms with Crippen LogP contribution in [0.2, 0.25) is 0 Å². The van der Waals surface area contributed by atoms with Gasteiger partial charge in [0.05, 0.1) is 0 Å². The fourth-order valence-corrected chi connectivity index (χ4v) is 3.16.